The van der Waals surface area contributed by atoms with E-state index in [1.165, 1.54) is 33.9 Å². The van der Waals surface area contributed by atoms with Crippen molar-refractivity contribution in [3.05, 3.63) is 95.7 Å². The van der Waals surface area contributed by atoms with Crippen molar-refractivity contribution < 1.29 is 38.1 Å². The van der Waals surface area contributed by atoms with Crippen molar-refractivity contribution in [2.75, 3.05) is 104 Å². The third-order valence-electron chi connectivity index (χ3n) is 9.32. The predicted octanol–water partition coefficient (Wildman–Crippen LogP) is 6.36. The molecule has 1 N–H and O–H groups in total. The molecule has 2 aliphatic heterocycles. The fourth-order valence-corrected chi connectivity index (χ4v) is 6.73. The number of allylic oxidation sites excluding steroid dienone is 6. The molecule has 0 atom stereocenters. The molecule has 9 nitrogen and oxygen atoms in total. The van der Waals surface area contributed by atoms with Crippen LogP contribution in [0.3, 0.4) is 0 Å². The highest BCUT2D eigenvalue weighted by molar-refractivity contribution is 6.03. The van der Waals surface area contributed by atoms with Crippen molar-refractivity contribution in [1.82, 2.24) is 0 Å². The van der Waals surface area contributed by atoms with E-state index in [9.17, 15) is 0 Å². The van der Waals surface area contributed by atoms with Gasteiger partial charge in [0.2, 0.25) is 5.69 Å². The van der Waals surface area contributed by atoms with Crippen LogP contribution in [0.2, 0.25) is 0 Å². The second kappa shape index (κ2) is 21.4. The van der Waals surface area contributed by atoms with Crippen LogP contribution in [0.15, 0.2) is 84.6 Å². The lowest BCUT2D eigenvalue weighted by atomic mass is 9.81. The molecule has 51 heavy (non-hydrogen) atoms. The third kappa shape index (κ3) is 11.4. The number of para-hydroxylation sites is 2. The summed E-state index contributed by atoms with van der Waals surface area (Å²) in [5.41, 5.74) is 7.33. The number of fused-ring (bicyclic) bond motifs is 2. The fourth-order valence-electron chi connectivity index (χ4n) is 6.73. The van der Waals surface area contributed by atoms with Crippen LogP contribution < -0.4 is 4.90 Å². The lowest BCUT2D eigenvalue weighted by Crippen LogP contribution is -2.29. The van der Waals surface area contributed by atoms with Crippen LogP contribution in [-0.2, 0) is 39.3 Å². The van der Waals surface area contributed by atoms with Gasteiger partial charge in [-0.25, -0.2) is 0 Å². The molecule has 2 aromatic carbocycles. The molecule has 0 saturated heterocycles. The molecule has 2 aliphatic rings. The highest BCUT2D eigenvalue weighted by Gasteiger charge is 2.44. The average molecular weight is 706 g/mol. The molecule has 9 heteroatoms. The number of anilines is 1. The van der Waals surface area contributed by atoms with Gasteiger partial charge in [-0.1, -0.05) is 75.4 Å². The lowest BCUT2D eigenvalue weighted by Gasteiger charge is -2.27. The van der Waals surface area contributed by atoms with Gasteiger partial charge in [-0.2, -0.15) is 4.58 Å². The zero-order valence-corrected chi connectivity index (χ0v) is 31.6. The van der Waals surface area contributed by atoms with E-state index in [1.54, 1.807) is 0 Å². The molecule has 0 spiro atoms. The summed E-state index contributed by atoms with van der Waals surface area (Å²) in [4.78, 5) is 2.40. The Balaban J connectivity index is 1.37. The quantitative estimate of drug-likeness (QED) is 0.0727. The van der Waals surface area contributed by atoms with Crippen molar-refractivity contribution in [1.29, 1.82) is 0 Å². The minimum atomic E-state index is -0.142. The van der Waals surface area contributed by atoms with E-state index < -0.39 is 0 Å². The number of ether oxygens (including phenoxy) is 6. The molecule has 0 bridgehead atoms. The molecule has 0 saturated carbocycles. The Morgan fingerprint density at radius 1 is 0.627 bits per heavy atom. The summed E-state index contributed by atoms with van der Waals surface area (Å²) in [6.45, 7) is 19.5. The maximum absolute atomic E-state index is 8.79. The van der Waals surface area contributed by atoms with Gasteiger partial charge in [-0.05, 0) is 38.0 Å². The Morgan fingerprint density at radius 3 is 1.86 bits per heavy atom. The first kappa shape index (κ1) is 40.6. The summed E-state index contributed by atoms with van der Waals surface area (Å²) >= 11 is 0. The van der Waals surface area contributed by atoms with E-state index in [2.05, 4.69) is 123 Å². The standard InChI is InChI=1S/C42H61N2O7/c1-6-23-46-27-31-50-32-28-47-24-20-43-37-16-12-10-14-35(37)41(2,3)39(43)18-8-7-9-19-40-42(4,5)36-15-11-13-17-38(36)44(40)21-25-48-29-33-51-34-30-49-26-22-45/h7-19,45H,6,20-34H2,1-5H3/q+1. The van der Waals surface area contributed by atoms with Gasteiger partial charge in [0.15, 0.2) is 12.3 Å². The van der Waals surface area contributed by atoms with E-state index in [1.807, 2.05) is 0 Å². The first-order valence-corrected chi connectivity index (χ1v) is 18.6. The number of hydrogen-bond donors (Lipinski definition) is 1. The molecule has 280 valence electrons. The molecular weight excluding hydrogens is 644 g/mol. The highest BCUT2D eigenvalue weighted by Crippen LogP contribution is 2.47. The monoisotopic (exact) mass is 705 g/mol. The highest BCUT2D eigenvalue weighted by atomic mass is 16.5. The molecular formula is C42H61N2O7+. The van der Waals surface area contributed by atoms with Crippen LogP contribution >= 0.6 is 0 Å². The number of nitrogens with zero attached hydrogens (tertiary/aromatic N) is 2. The van der Waals surface area contributed by atoms with Crippen LogP contribution in [0, 0.1) is 0 Å². The number of rotatable bonds is 25. The molecule has 2 heterocycles. The average Bonchev–Trinajstić information content (AvgIpc) is 3.48. The molecule has 0 fully saturated rings. The largest absolute Gasteiger partial charge is 0.394 e. The number of aliphatic hydroxyl groups excluding tert-OH is 1. The fraction of sp³-hybridized carbons (Fsp3) is 0.548. The molecule has 4 rings (SSSR count). The Bertz CT molecular complexity index is 1460. The van der Waals surface area contributed by atoms with Gasteiger partial charge in [0.1, 0.15) is 6.61 Å². The summed E-state index contributed by atoms with van der Waals surface area (Å²) in [5.74, 6) is 0. The van der Waals surface area contributed by atoms with Gasteiger partial charge in [0.05, 0.1) is 78.1 Å². The Morgan fingerprint density at radius 2 is 1.20 bits per heavy atom. The Hall–Kier alpha value is -3.15. The maximum atomic E-state index is 8.79. The van der Waals surface area contributed by atoms with Crippen LogP contribution in [0.5, 0.6) is 0 Å². The van der Waals surface area contributed by atoms with Gasteiger partial charge in [-0.3, -0.25) is 0 Å². The Kier molecular flexibility index (Phi) is 17.0. The summed E-state index contributed by atoms with van der Waals surface area (Å²) in [7, 11) is 0. The third-order valence-corrected chi connectivity index (χ3v) is 9.32. The van der Waals surface area contributed by atoms with Crippen molar-refractivity contribution in [3.8, 4) is 0 Å². The van der Waals surface area contributed by atoms with Gasteiger partial charge in [-0.15, -0.1) is 0 Å². The smallest absolute Gasteiger partial charge is 0.209 e. The zero-order chi connectivity index (χ0) is 36.4. The van der Waals surface area contributed by atoms with E-state index in [0.29, 0.717) is 72.7 Å². The van der Waals surface area contributed by atoms with E-state index in [-0.39, 0.29) is 17.4 Å². The minimum Gasteiger partial charge on any atom is -0.394 e. The normalized spacial score (nSPS) is 17.1. The maximum Gasteiger partial charge on any atom is 0.209 e. The number of hydrogen-bond acceptors (Lipinski definition) is 8. The topological polar surface area (TPSA) is 81.9 Å². The summed E-state index contributed by atoms with van der Waals surface area (Å²) in [6, 6.07) is 17.3. The second-order valence-electron chi connectivity index (χ2n) is 13.7. The SMILES string of the molecule is CCCOCCOCCOCCN1/C(=C/C=C\C=C/C2=[N+](CCOCCOCCOCCO)c3ccccc3C2(C)C)C(C)(C)c2ccccc21. The summed E-state index contributed by atoms with van der Waals surface area (Å²) < 4.78 is 36.2. The predicted molar refractivity (Wildman–Crippen MR) is 205 cm³/mol. The first-order chi connectivity index (χ1) is 24.8. The second-order valence-corrected chi connectivity index (χ2v) is 13.7. The van der Waals surface area contributed by atoms with E-state index in [4.69, 9.17) is 33.5 Å². The first-order valence-electron chi connectivity index (χ1n) is 18.6. The summed E-state index contributed by atoms with van der Waals surface area (Å²) in [5, 5.41) is 8.79. The Labute approximate surface area is 306 Å². The molecule has 0 radical (unpaired) electrons. The minimum absolute atomic E-state index is 0.0264. The number of benzene rings is 2. The number of aliphatic hydroxyl groups is 1. The molecule has 0 aromatic heterocycles. The lowest BCUT2D eigenvalue weighted by molar-refractivity contribution is -0.442. The zero-order valence-electron chi connectivity index (χ0n) is 31.6. The van der Waals surface area contributed by atoms with Crippen LogP contribution in [0.4, 0.5) is 11.4 Å². The summed E-state index contributed by atoms with van der Waals surface area (Å²) in [6.07, 6.45) is 11.9. The van der Waals surface area contributed by atoms with E-state index >= 15 is 0 Å². The van der Waals surface area contributed by atoms with Crippen LogP contribution in [-0.4, -0.2) is 114 Å². The van der Waals surface area contributed by atoms with Crippen molar-refractivity contribution in [3.63, 3.8) is 0 Å². The van der Waals surface area contributed by atoms with Crippen molar-refractivity contribution in [2.45, 2.75) is 51.9 Å². The van der Waals surface area contributed by atoms with Gasteiger partial charge >= 0.3 is 0 Å². The van der Waals surface area contributed by atoms with Crippen LogP contribution in [0.1, 0.15) is 52.2 Å². The molecule has 2 aromatic rings. The molecule has 0 aliphatic carbocycles. The van der Waals surface area contributed by atoms with Crippen molar-refractivity contribution >= 4 is 17.1 Å². The van der Waals surface area contributed by atoms with Crippen LogP contribution in [0.25, 0.3) is 0 Å². The van der Waals surface area contributed by atoms with Gasteiger partial charge in [0, 0.05) is 47.7 Å². The molecule has 0 unspecified atom stereocenters. The molecule has 0 amide bonds. The van der Waals surface area contributed by atoms with E-state index in [0.717, 1.165) is 26.1 Å². The van der Waals surface area contributed by atoms with Gasteiger partial charge < -0.3 is 38.4 Å². The van der Waals surface area contributed by atoms with Gasteiger partial charge in [0.25, 0.3) is 0 Å². The van der Waals surface area contributed by atoms with Crippen molar-refractivity contribution in [2.24, 2.45) is 0 Å².